The van der Waals surface area contributed by atoms with Gasteiger partial charge in [-0.15, -0.1) is 6.42 Å². The highest BCUT2D eigenvalue weighted by atomic mass is 32.2. The molecule has 0 aliphatic carbocycles. The van der Waals surface area contributed by atoms with Gasteiger partial charge in [-0.3, -0.25) is 0 Å². The molecule has 0 radical (unpaired) electrons. The van der Waals surface area contributed by atoms with E-state index in [0.717, 1.165) is 35.2 Å². The zero-order chi connectivity index (χ0) is 37.0. The molecular formula is C41H46FN5O5S. The zero-order valence-corrected chi connectivity index (χ0v) is 31.6. The molecule has 2 aromatic heterocycles. The lowest BCUT2D eigenvalue weighted by Crippen LogP contribution is -2.39. The van der Waals surface area contributed by atoms with Crippen molar-refractivity contribution in [2.45, 2.75) is 75.2 Å². The van der Waals surface area contributed by atoms with Crippen LogP contribution in [0.2, 0.25) is 0 Å². The van der Waals surface area contributed by atoms with Crippen LogP contribution in [0.5, 0.6) is 5.75 Å². The fourth-order valence-corrected chi connectivity index (χ4v) is 7.68. The fourth-order valence-electron chi connectivity index (χ4n) is 6.75. The third-order valence-electron chi connectivity index (χ3n) is 9.56. The number of ether oxygens (including phenoxy) is 5. The van der Waals surface area contributed by atoms with Gasteiger partial charge in [0.15, 0.2) is 18.7 Å². The summed E-state index contributed by atoms with van der Waals surface area (Å²) in [6.45, 7) is 9.84. The summed E-state index contributed by atoms with van der Waals surface area (Å²) in [4.78, 5) is 17.2. The molecule has 278 valence electrons. The molecule has 0 bridgehead atoms. The molecule has 2 unspecified atom stereocenters. The fraction of sp³-hybridized carbons (Fsp3) is 0.439. The van der Waals surface area contributed by atoms with Crippen molar-refractivity contribution in [3.8, 4) is 18.1 Å². The highest BCUT2D eigenvalue weighted by Crippen LogP contribution is 2.34. The lowest BCUT2D eigenvalue weighted by Gasteiger charge is -2.29. The minimum absolute atomic E-state index is 0.0649. The number of thioether (sulfide) groups is 1. The number of imidazole rings is 1. The van der Waals surface area contributed by atoms with Gasteiger partial charge in [-0.1, -0.05) is 68.8 Å². The van der Waals surface area contributed by atoms with Gasteiger partial charge in [0.2, 0.25) is 5.95 Å². The summed E-state index contributed by atoms with van der Waals surface area (Å²) >= 11 is 1.62. The molecule has 0 amide bonds. The first kappa shape index (κ1) is 37.1. The largest absolute Gasteiger partial charge is 0.468 e. The first-order valence-corrected chi connectivity index (χ1v) is 19.1. The summed E-state index contributed by atoms with van der Waals surface area (Å²) in [7, 11) is 1.56. The maximum Gasteiger partial charge on any atom is 0.228 e. The van der Waals surface area contributed by atoms with Crippen LogP contribution in [0.25, 0.3) is 21.9 Å². The van der Waals surface area contributed by atoms with Crippen molar-refractivity contribution in [1.82, 2.24) is 19.5 Å². The minimum atomic E-state index is -0.458. The van der Waals surface area contributed by atoms with E-state index in [1.165, 1.54) is 17.2 Å². The molecular weight excluding hydrogens is 694 g/mol. The normalized spacial score (nSPS) is 18.3. The first-order valence-electron chi connectivity index (χ1n) is 18.1. The van der Waals surface area contributed by atoms with Gasteiger partial charge in [0.25, 0.3) is 0 Å². The molecule has 0 saturated carbocycles. The van der Waals surface area contributed by atoms with Crippen LogP contribution < -0.4 is 9.64 Å². The van der Waals surface area contributed by atoms with Gasteiger partial charge in [0.1, 0.15) is 28.2 Å². The third kappa shape index (κ3) is 8.61. The van der Waals surface area contributed by atoms with Gasteiger partial charge in [-0.2, -0.15) is 4.98 Å². The Bertz CT molecular complexity index is 2090. The van der Waals surface area contributed by atoms with E-state index < -0.39 is 5.82 Å². The van der Waals surface area contributed by atoms with Crippen molar-refractivity contribution >= 4 is 39.6 Å². The predicted octanol–water partition coefficient (Wildman–Crippen LogP) is 7.47. The van der Waals surface area contributed by atoms with Crippen molar-refractivity contribution in [2.24, 2.45) is 0 Å². The molecule has 2 atom stereocenters. The molecule has 3 aromatic carbocycles. The van der Waals surface area contributed by atoms with Crippen LogP contribution in [-0.2, 0) is 36.7 Å². The molecule has 0 spiro atoms. The maximum absolute atomic E-state index is 15.1. The Morgan fingerprint density at radius 3 is 2.68 bits per heavy atom. The average Bonchev–Trinajstić information content (AvgIpc) is 3.41. The molecule has 5 aromatic rings. The molecule has 2 aliphatic rings. The van der Waals surface area contributed by atoms with Crippen LogP contribution in [0.4, 0.5) is 10.3 Å². The Balaban J connectivity index is 1.27. The summed E-state index contributed by atoms with van der Waals surface area (Å²) in [6.07, 6.45) is 10.2. The number of aromatic nitrogens is 4. The van der Waals surface area contributed by atoms with Crippen LogP contribution in [-0.4, -0.2) is 78.7 Å². The number of benzene rings is 3. The summed E-state index contributed by atoms with van der Waals surface area (Å²) in [6, 6.07) is 15.6. The molecule has 0 N–H and O–H groups in total. The lowest BCUT2D eigenvalue weighted by molar-refractivity contribution is -0.193. The number of halogens is 1. The average molecular weight is 740 g/mol. The molecule has 7 rings (SSSR count). The Morgan fingerprint density at radius 1 is 1.08 bits per heavy atom. The second kappa shape index (κ2) is 16.4. The number of terminal acetylenes is 1. The summed E-state index contributed by atoms with van der Waals surface area (Å²) in [5, 5.41) is 2.16. The van der Waals surface area contributed by atoms with Gasteiger partial charge in [0.05, 0.1) is 31.6 Å². The van der Waals surface area contributed by atoms with Gasteiger partial charge in [0, 0.05) is 37.9 Å². The highest BCUT2D eigenvalue weighted by molar-refractivity contribution is 7.98. The summed E-state index contributed by atoms with van der Waals surface area (Å²) in [5.41, 5.74) is 4.82. The van der Waals surface area contributed by atoms with E-state index in [1.807, 2.05) is 16.7 Å². The van der Waals surface area contributed by atoms with Gasteiger partial charge in [-0.25, -0.2) is 14.4 Å². The lowest BCUT2D eigenvalue weighted by atomic mass is 9.87. The SMILES string of the molecule is C#Cc1c(F)ccc2cc(OCOC)cc(Cn3cnc4c(SCc5ccc(C(C)(C)C)cc5)nc(N5CCOCC(OC6CCCCO6)C5)nc43)c12. The Labute approximate surface area is 314 Å². The van der Waals surface area contributed by atoms with Gasteiger partial charge >= 0.3 is 0 Å². The Hall–Kier alpha value is -4.25. The minimum Gasteiger partial charge on any atom is -0.468 e. The van der Waals surface area contributed by atoms with Crippen LogP contribution in [0.1, 0.15) is 62.3 Å². The van der Waals surface area contributed by atoms with E-state index in [-0.39, 0.29) is 30.2 Å². The van der Waals surface area contributed by atoms with E-state index in [1.54, 1.807) is 31.3 Å². The quantitative estimate of drug-likeness (QED) is 0.0588. The second-order valence-electron chi connectivity index (χ2n) is 14.5. The monoisotopic (exact) mass is 739 g/mol. The molecule has 12 heteroatoms. The Morgan fingerprint density at radius 2 is 1.92 bits per heavy atom. The number of hydrogen-bond acceptors (Lipinski definition) is 10. The number of anilines is 1. The Kier molecular flexibility index (Phi) is 11.5. The van der Waals surface area contributed by atoms with E-state index in [2.05, 4.69) is 55.9 Å². The number of hydrogen-bond donors (Lipinski definition) is 0. The number of nitrogens with zero attached hydrogens (tertiary/aromatic N) is 5. The van der Waals surface area contributed by atoms with Crippen LogP contribution in [0.3, 0.4) is 0 Å². The number of rotatable bonds is 11. The maximum atomic E-state index is 15.1. The smallest absolute Gasteiger partial charge is 0.228 e. The second-order valence-corrected chi connectivity index (χ2v) is 15.4. The van der Waals surface area contributed by atoms with E-state index in [0.29, 0.717) is 73.5 Å². The molecule has 53 heavy (non-hydrogen) atoms. The van der Waals surface area contributed by atoms with Gasteiger partial charge < -0.3 is 33.2 Å². The van der Waals surface area contributed by atoms with Gasteiger partial charge in [-0.05, 0) is 65.0 Å². The molecule has 2 aliphatic heterocycles. The topological polar surface area (TPSA) is 93.0 Å². The zero-order valence-electron chi connectivity index (χ0n) is 30.8. The van der Waals surface area contributed by atoms with Crippen molar-refractivity contribution < 1.29 is 28.1 Å². The van der Waals surface area contributed by atoms with Crippen LogP contribution in [0, 0.1) is 18.2 Å². The number of methoxy groups -OCH3 is 1. The van der Waals surface area contributed by atoms with E-state index >= 15 is 4.39 Å². The first-order chi connectivity index (χ1) is 25.7. The van der Waals surface area contributed by atoms with Crippen LogP contribution in [0.15, 0.2) is 59.9 Å². The molecule has 2 fully saturated rings. The van der Waals surface area contributed by atoms with Crippen molar-refractivity contribution in [1.29, 1.82) is 0 Å². The van der Waals surface area contributed by atoms with E-state index in [4.69, 9.17) is 45.1 Å². The van der Waals surface area contributed by atoms with Crippen LogP contribution >= 0.6 is 11.8 Å². The highest BCUT2D eigenvalue weighted by Gasteiger charge is 2.27. The summed E-state index contributed by atoms with van der Waals surface area (Å²) < 4.78 is 46.3. The third-order valence-corrected chi connectivity index (χ3v) is 10.6. The molecule has 4 heterocycles. The molecule has 2 saturated heterocycles. The van der Waals surface area contributed by atoms with Crippen molar-refractivity contribution in [3.05, 3.63) is 82.9 Å². The summed E-state index contributed by atoms with van der Waals surface area (Å²) in [5.74, 6) is 3.95. The number of fused-ring (bicyclic) bond motifs is 2. The van der Waals surface area contributed by atoms with E-state index in [9.17, 15) is 0 Å². The van der Waals surface area contributed by atoms with Crippen molar-refractivity contribution in [2.75, 3.05) is 51.7 Å². The molecule has 10 nitrogen and oxygen atoms in total. The predicted molar refractivity (Wildman–Crippen MR) is 205 cm³/mol. The standard InChI is InChI=1S/C41H46FN5O5S/c1-6-33-34(42)15-12-28-19-31(51-26-48-5)20-29(36(28)33)21-47-25-43-37-38(47)44-40(45-39(37)53-24-27-10-13-30(14-11-27)41(2,3)4)46-16-18-49-23-32(22-46)52-35-9-7-8-17-50-35/h1,10-15,19-20,25,32,35H,7-9,16-18,21-24,26H2,2-5H3. The van der Waals surface area contributed by atoms with Crippen molar-refractivity contribution in [3.63, 3.8) is 0 Å².